The second kappa shape index (κ2) is 9.19. The number of rotatable bonds is 3. The number of nitrogens with zero attached hydrogens (tertiary/aromatic N) is 1. The molecule has 2 aliphatic carbocycles. The lowest BCUT2D eigenvalue weighted by Crippen LogP contribution is -2.60. The number of aryl methyl sites for hydroxylation is 1. The lowest BCUT2D eigenvalue weighted by Gasteiger charge is -2.42. The smallest absolute Gasteiger partial charge is 0.260 e. The van der Waals surface area contributed by atoms with Crippen molar-refractivity contribution >= 4 is 15.9 Å². The first-order valence-corrected chi connectivity index (χ1v) is 14.0. The Morgan fingerprint density at radius 2 is 1.79 bits per heavy atom. The molecule has 1 amide bonds. The van der Waals surface area contributed by atoms with Crippen LogP contribution in [0.3, 0.4) is 0 Å². The summed E-state index contributed by atoms with van der Waals surface area (Å²) >= 11 is 0. The molecule has 2 saturated carbocycles. The number of ether oxygens (including phenoxy) is 2. The second-order valence-electron chi connectivity index (χ2n) is 10.3. The summed E-state index contributed by atoms with van der Waals surface area (Å²) in [7, 11) is -3.35. The number of fused-ring (bicyclic) bond motifs is 5. The van der Waals surface area contributed by atoms with Crippen molar-refractivity contribution in [1.29, 1.82) is 0 Å². The molecule has 5 aliphatic rings. The fourth-order valence-corrected chi connectivity index (χ4v) is 7.46. The zero-order valence-corrected chi connectivity index (χ0v) is 20.5. The number of amides is 1. The predicted molar refractivity (Wildman–Crippen MR) is 126 cm³/mol. The number of sulfonamides is 1. The number of hydrogen-bond donors (Lipinski definition) is 1. The quantitative estimate of drug-likeness (QED) is 0.724. The van der Waals surface area contributed by atoms with E-state index >= 15 is 0 Å². The number of carbonyl (C=O) groups excluding carboxylic acids is 1. The number of carbonyl (C=O) groups is 1. The Balaban J connectivity index is 1.43. The molecule has 0 radical (unpaired) electrons. The first-order chi connectivity index (χ1) is 15.8. The third-order valence-electron chi connectivity index (χ3n) is 8.06. The molecule has 3 heterocycles. The lowest BCUT2D eigenvalue weighted by molar-refractivity contribution is -0.140. The summed E-state index contributed by atoms with van der Waals surface area (Å²) in [6.07, 6.45) is 7.09. The Labute approximate surface area is 197 Å². The van der Waals surface area contributed by atoms with Crippen LogP contribution in [0.1, 0.15) is 74.0 Å². The minimum Gasteiger partial charge on any atom is -0.483 e. The molecular weight excluding hydrogens is 440 g/mol. The van der Waals surface area contributed by atoms with Crippen molar-refractivity contribution in [3.8, 4) is 5.75 Å². The maximum absolute atomic E-state index is 13.3. The molecule has 7 nitrogen and oxygen atoms in total. The average molecular weight is 477 g/mol. The summed E-state index contributed by atoms with van der Waals surface area (Å²) in [6.45, 7) is 5.20. The number of piperidine rings is 1. The van der Waals surface area contributed by atoms with Crippen molar-refractivity contribution in [1.82, 2.24) is 9.62 Å². The van der Waals surface area contributed by atoms with Crippen LogP contribution in [0.5, 0.6) is 5.75 Å². The molecule has 1 aromatic carbocycles. The monoisotopic (exact) mass is 476 g/mol. The fraction of sp³-hybridized carbons (Fsp3) is 0.720. The highest BCUT2D eigenvalue weighted by Crippen LogP contribution is 2.41. The van der Waals surface area contributed by atoms with Gasteiger partial charge in [0.2, 0.25) is 10.0 Å². The standard InChI is InChI=1S/C25H36N2O5S/c1-16-5-12-23-25(17(16)2)18-6-8-19(9-7-18)31-14-22-21(26-33(29,30)20-10-11-20)4-3-13-27(22)24(28)15-32-23/h5,12,18-22,26H,3-4,6-11,13-15H2,1-2H3/t18?,19?,21?,22-/m0/s1. The molecule has 0 aromatic heterocycles. The van der Waals surface area contributed by atoms with Gasteiger partial charge in [0.15, 0.2) is 6.61 Å². The van der Waals surface area contributed by atoms with Crippen LogP contribution in [0.2, 0.25) is 0 Å². The Kier molecular flexibility index (Phi) is 6.44. The van der Waals surface area contributed by atoms with Crippen LogP contribution >= 0.6 is 0 Å². The molecule has 182 valence electrons. The van der Waals surface area contributed by atoms with Gasteiger partial charge in [0.05, 0.1) is 24.0 Å². The molecule has 33 heavy (non-hydrogen) atoms. The molecule has 3 aliphatic heterocycles. The molecule has 1 unspecified atom stereocenters. The first-order valence-electron chi connectivity index (χ1n) is 12.5. The zero-order chi connectivity index (χ0) is 23.2. The number of nitrogens with one attached hydrogen (secondary N) is 1. The van der Waals surface area contributed by atoms with Crippen molar-refractivity contribution in [3.05, 3.63) is 28.8 Å². The van der Waals surface area contributed by atoms with Gasteiger partial charge in [-0.25, -0.2) is 13.1 Å². The molecule has 6 rings (SSSR count). The maximum atomic E-state index is 13.3. The van der Waals surface area contributed by atoms with Gasteiger partial charge in [-0.05, 0) is 88.3 Å². The largest absolute Gasteiger partial charge is 0.483 e. The zero-order valence-electron chi connectivity index (χ0n) is 19.7. The van der Waals surface area contributed by atoms with Crippen LogP contribution in [0.4, 0.5) is 0 Å². The minimum absolute atomic E-state index is 0.0375. The summed E-state index contributed by atoms with van der Waals surface area (Å²) in [6, 6.07) is 3.46. The Morgan fingerprint density at radius 3 is 2.52 bits per heavy atom. The van der Waals surface area contributed by atoms with Crippen molar-refractivity contribution in [2.45, 2.75) is 94.6 Å². The fourth-order valence-electron chi connectivity index (χ4n) is 5.82. The van der Waals surface area contributed by atoms with Crippen LogP contribution in [0.25, 0.3) is 0 Å². The van der Waals surface area contributed by atoms with Crippen molar-refractivity contribution in [3.63, 3.8) is 0 Å². The average Bonchev–Trinajstić information content (AvgIpc) is 3.65. The van der Waals surface area contributed by atoms with E-state index in [-0.39, 0.29) is 36.0 Å². The highest BCUT2D eigenvalue weighted by Gasteiger charge is 2.42. The SMILES string of the molecule is Cc1ccc2c(c1C)C1CCC(CC1)OC[C@H]1C(NS(=O)(=O)C3CC3)CCCN1C(=O)CO2. The lowest BCUT2D eigenvalue weighted by atomic mass is 9.80. The van der Waals surface area contributed by atoms with Gasteiger partial charge in [-0.2, -0.15) is 0 Å². The molecule has 8 heteroatoms. The molecule has 2 atom stereocenters. The molecule has 1 N–H and O–H groups in total. The van der Waals surface area contributed by atoms with E-state index in [9.17, 15) is 13.2 Å². The highest BCUT2D eigenvalue weighted by atomic mass is 32.2. The Morgan fingerprint density at radius 1 is 1.03 bits per heavy atom. The molecule has 1 saturated heterocycles. The molecule has 2 bridgehead atoms. The van der Waals surface area contributed by atoms with Crippen molar-refractivity contribution in [2.75, 3.05) is 19.8 Å². The topological polar surface area (TPSA) is 84.9 Å². The van der Waals surface area contributed by atoms with Crippen LogP contribution in [-0.2, 0) is 19.6 Å². The van der Waals surface area contributed by atoms with Gasteiger partial charge in [0.1, 0.15) is 5.75 Å². The van der Waals surface area contributed by atoms with Gasteiger partial charge in [0.25, 0.3) is 5.91 Å². The third-order valence-corrected chi connectivity index (χ3v) is 10.0. The summed E-state index contributed by atoms with van der Waals surface area (Å²) in [4.78, 5) is 15.1. The van der Waals surface area contributed by atoms with E-state index in [1.807, 2.05) is 6.07 Å². The number of benzene rings is 1. The van der Waals surface area contributed by atoms with Gasteiger partial charge in [-0.15, -0.1) is 0 Å². The normalized spacial score (nSPS) is 31.0. The Hall–Kier alpha value is -1.64. The van der Waals surface area contributed by atoms with E-state index < -0.39 is 10.0 Å². The predicted octanol–water partition coefficient (Wildman–Crippen LogP) is 3.18. The molecular formula is C25H36N2O5S. The summed E-state index contributed by atoms with van der Waals surface area (Å²) < 4.78 is 40.8. The van der Waals surface area contributed by atoms with Crippen LogP contribution in [-0.4, -0.2) is 62.4 Å². The molecule has 0 spiro atoms. The van der Waals surface area contributed by atoms with Gasteiger partial charge in [-0.1, -0.05) is 6.07 Å². The van der Waals surface area contributed by atoms with Crippen LogP contribution in [0.15, 0.2) is 12.1 Å². The highest BCUT2D eigenvalue weighted by molar-refractivity contribution is 7.90. The van der Waals surface area contributed by atoms with Crippen LogP contribution in [0, 0.1) is 13.8 Å². The minimum atomic E-state index is -3.35. The summed E-state index contributed by atoms with van der Waals surface area (Å²) in [5.41, 5.74) is 3.74. The molecule has 3 fully saturated rings. The van der Waals surface area contributed by atoms with Crippen molar-refractivity contribution in [2.24, 2.45) is 0 Å². The van der Waals surface area contributed by atoms with Crippen molar-refractivity contribution < 1.29 is 22.7 Å². The van der Waals surface area contributed by atoms with E-state index in [1.54, 1.807) is 4.90 Å². The number of hydrogen-bond acceptors (Lipinski definition) is 5. The van der Waals surface area contributed by atoms with E-state index in [4.69, 9.17) is 9.47 Å². The second-order valence-corrected chi connectivity index (χ2v) is 12.3. The van der Waals surface area contributed by atoms with Gasteiger partial charge >= 0.3 is 0 Å². The van der Waals surface area contributed by atoms with Gasteiger partial charge in [-0.3, -0.25) is 4.79 Å². The Bertz CT molecular complexity index is 998. The van der Waals surface area contributed by atoms with Gasteiger partial charge < -0.3 is 14.4 Å². The first kappa shape index (κ1) is 23.1. The van der Waals surface area contributed by atoms with E-state index in [1.165, 1.54) is 16.7 Å². The maximum Gasteiger partial charge on any atom is 0.260 e. The van der Waals surface area contributed by atoms with E-state index in [0.29, 0.717) is 19.1 Å². The molecule has 1 aromatic rings. The third kappa shape index (κ3) is 4.80. The summed E-state index contributed by atoms with van der Waals surface area (Å²) in [5.74, 6) is 1.13. The van der Waals surface area contributed by atoms with E-state index in [0.717, 1.165) is 57.1 Å². The van der Waals surface area contributed by atoms with E-state index in [2.05, 4.69) is 24.6 Å². The summed E-state index contributed by atoms with van der Waals surface area (Å²) in [5, 5.41) is -0.277. The van der Waals surface area contributed by atoms with Gasteiger partial charge in [0, 0.05) is 18.2 Å². The van der Waals surface area contributed by atoms with Crippen LogP contribution < -0.4 is 9.46 Å².